The average molecular weight is 492 g/mol. The van der Waals surface area contributed by atoms with E-state index in [0.717, 1.165) is 6.08 Å². The molecule has 2 atom stereocenters. The highest BCUT2D eigenvalue weighted by molar-refractivity contribution is 5.84. The second-order valence-electron chi connectivity index (χ2n) is 7.75. The van der Waals surface area contributed by atoms with Crippen molar-refractivity contribution in [1.29, 1.82) is 0 Å². The van der Waals surface area contributed by atoms with Crippen LogP contribution in [0.4, 0.5) is 10.5 Å². The molecule has 0 aliphatic heterocycles. The lowest BCUT2D eigenvalue weighted by atomic mass is 9.99. The molecule has 0 saturated carbocycles. The summed E-state index contributed by atoms with van der Waals surface area (Å²) in [5, 5.41) is 20.8. The van der Waals surface area contributed by atoms with Crippen molar-refractivity contribution in [1.82, 2.24) is 0 Å². The molecule has 3 aromatic carbocycles. The van der Waals surface area contributed by atoms with Crippen molar-refractivity contribution in [2.75, 3.05) is 18.5 Å². The van der Waals surface area contributed by atoms with Crippen LogP contribution < -0.4 is 14.8 Å². The van der Waals surface area contributed by atoms with Gasteiger partial charge in [0, 0.05) is 11.8 Å². The Kier molecular flexibility index (Phi) is 10.4. The number of carbonyl (C=O) groups is 2. The van der Waals surface area contributed by atoms with Crippen LogP contribution in [0.2, 0.25) is 0 Å². The van der Waals surface area contributed by atoms with Crippen molar-refractivity contribution < 1.29 is 34.0 Å². The first-order valence-electron chi connectivity index (χ1n) is 11.5. The second-order valence-corrected chi connectivity index (χ2v) is 7.75. The fourth-order valence-electron chi connectivity index (χ4n) is 3.48. The first-order valence-corrected chi connectivity index (χ1v) is 11.5. The van der Waals surface area contributed by atoms with E-state index in [4.69, 9.17) is 24.4 Å². The Morgan fingerprint density at radius 1 is 0.917 bits per heavy atom. The highest BCUT2D eigenvalue weighted by atomic mass is 16.6. The van der Waals surface area contributed by atoms with E-state index in [2.05, 4.69) is 5.32 Å². The molecular formula is C28H29NO7. The van der Waals surface area contributed by atoms with Crippen LogP contribution >= 0.6 is 0 Å². The van der Waals surface area contributed by atoms with Crippen molar-refractivity contribution in [2.24, 2.45) is 0 Å². The molecule has 0 unspecified atom stereocenters. The average Bonchev–Trinajstić information content (AvgIpc) is 2.89. The van der Waals surface area contributed by atoms with Gasteiger partial charge in [0.15, 0.2) is 6.10 Å². The summed E-state index contributed by atoms with van der Waals surface area (Å²) in [5.74, 6) is 0.0385. The zero-order valence-corrected chi connectivity index (χ0v) is 19.7. The number of amides is 1. The minimum Gasteiger partial charge on any atom is -0.491 e. The smallest absolute Gasteiger partial charge is 0.412 e. The number of allylic oxidation sites excluding steroid dienone is 1. The van der Waals surface area contributed by atoms with Gasteiger partial charge < -0.3 is 24.4 Å². The molecule has 0 radical (unpaired) electrons. The molecular weight excluding hydrogens is 462 g/mol. The van der Waals surface area contributed by atoms with Gasteiger partial charge in [0.25, 0.3) is 0 Å². The molecule has 0 fully saturated rings. The van der Waals surface area contributed by atoms with Crippen molar-refractivity contribution in [3.8, 4) is 11.5 Å². The minimum absolute atomic E-state index is 0.118. The summed E-state index contributed by atoms with van der Waals surface area (Å²) >= 11 is 0. The normalized spacial score (nSPS) is 12.5. The number of aliphatic hydroxyl groups is 1. The fourth-order valence-corrected chi connectivity index (χ4v) is 3.48. The number of nitrogens with one attached hydrogen (secondary N) is 1. The Bertz CT molecular complexity index is 1120. The van der Waals surface area contributed by atoms with E-state index in [1.165, 1.54) is 6.08 Å². The van der Waals surface area contributed by atoms with Crippen LogP contribution in [-0.2, 0) is 9.53 Å². The van der Waals surface area contributed by atoms with Crippen LogP contribution in [0.3, 0.4) is 0 Å². The number of anilines is 1. The SMILES string of the molecule is O=C(O)/C=C/CC[C@@H](Oc1ccccc1)[C@H](OC(=O)Nc1ccccc1)c1cccc(OCCO)c1. The third kappa shape index (κ3) is 8.81. The maximum absolute atomic E-state index is 12.9. The topological polar surface area (TPSA) is 114 Å². The van der Waals surface area contributed by atoms with E-state index >= 15 is 0 Å². The summed E-state index contributed by atoms with van der Waals surface area (Å²) < 4.78 is 17.7. The molecule has 0 aliphatic carbocycles. The highest BCUT2D eigenvalue weighted by Gasteiger charge is 2.29. The van der Waals surface area contributed by atoms with Gasteiger partial charge in [-0.15, -0.1) is 0 Å². The number of carboxylic acids is 1. The van der Waals surface area contributed by atoms with Gasteiger partial charge in [-0.2, -0.15) is 0 Å². The lowest BCUT2D eigenvalue weighted by Gasteiger charge is -2.28. The molecule has 3 rings (SSSR count). The standard InChI is InChI=1S/C28H29NO7/c30-18-19-34-24-15-9-10-21(20-24)27(36-28(33)29-22-11-3-1-4-12-22)25(16-7-8-17-26(31)32)35-23-13-5-2-6-14-23/h1-6,8-15,17,20,25,27,30H,7,16,18-19H2,(H,29,33)(H,31,32)/b17-8+/t25-,27-/m1/s1. The number of hydrogen-bond acceptors (Lipinski definition) is 6. The molecule has 0 spiro atoms. The predicted octanol–water partition coefficient (Wildman–Crippen LogP) is 5.22. The minimum atomic E-state index is -1.04. The number of aliphatic hydroxyl groups excluding tert-OH is 1. The third-order valence-corrected chi connectivity index (χ3v) is 5.05. The zero-order chi connectivity index (χ0) is 25.6. The third-order valence-electron chi connectivity index (χ3n) is 5.05. The van der Waals surface area contributed by atoms with Crippen molar-refractivity contribution >= 4 is 17.7 Å². The van der Waals surface area contributed by atoms with Crippen molar-refractivity contribution in [3.63, 3.8) is 0 Å². The van der Waals surface area contributed by atoms with Crippen LogP contribution in [0.15, 0.2) is 97.1 Å². The van der Waals surface area contributed by atoms with Crippen LogP contribution in [0.25, 0.3) is 0 Å². The number of para-hydroxylation sites is 2. The van der Waals surface area contributed by atoms with Gasteiger partial charge in [0.1, 0.15) is 24.2 Å². The van der Waals surface area contributed by atoms with Gasteiger partial charge in [-0.1, -0.05) is 54.6 Å². The Morgan fingerprint density at radius 2 is 1.61 bits per heavy atom. The monoisotopic (exact) mass is 491 g/mol. The first kappa shape index (κ1) is 26.3. The van der Waals surface area contributed by atoms with E-state index < -0.39 is 24.3 Å². The Hall–Kier alpha value is -4.30. The Morgan fingerprint density at radius 3 is 2.31 bits per heavy atom. The molecule has 3 N–H and O–H groups in total. The van der Waals surface area contributed by atoms with Gasteiger partial charge in [0.05, 0.1) is 6.61 Å². The van der Waals surface area contributed by atoms with Gasteiger partial charge in [-0.3, -0.25) is 5.32 Å². The van der Waals surface area contributed by atoms with Gasteiger partial charge in [0.2, 0.25) is 0 Å². The molecule has 0 bridgehead atoms. The summed E-state index contributed by atoms with van der Waals surface area (Å²) in [6.07, 6.45) is 1.17. The number of carbonyl (C=O) groups excluding carboxylic acids is 1. The lowest BCUT2D eigenvalue weighted by Crippen LogP contribution is -2.31. The summed E-state index contributed by atoms with van der Waals surface area (Å²) in [5.41, 5.74) is 1.20. The molecule has 0 saturated heterocycles. The largest absolute Gasteiger partial charge is 0.491 e. The molecule has 36 heavy (non-hydrogen) atoms. The van der Waals surface area contributed by atoms with Crippen LogP contribution in [0.1, 0.15) is 24.5 Å². The van der Waals surface area contributed by atoms with Crippen molar-refractivity contribution in [3.05, 3.63) is 103 Å². The summed E-state index contributed by atoms with van der Waals surface area (Å²) in [6, 6.07) is 25.1. The highest BCUT2D eigenvalue weighted by Crippen LogP contribution is 2.31. The molecule has 0 aliphatic rings. The van der Waals surface area contributed by atoms with Gasteiger partial charge in [-0.25, -0.2) is 9.59 Å². The lowest BCUT2D eigenvalue weighted by molar-refractivity contribution is -0.131. The molecule has 3 aromatic rings. The quantitative estimate of drug-likeness (QED) is 0.281. The number of aliphatic carboxylic acids is 1. The molecule has 0 aromatic heterocycles. The van der Waals surface area contributed by atoms with Crippen LogP contribution in [0, 0.1) is 0 Å². The number of ether oxygens (including phenoxy) is 3. The summed E-state index contributed by atoms with van der Waals surface area (Å²) in [6.45, 7) is -0.0211. The van der Waals surface area contributed by atoms with Crippen molar-refractivity contribution in [2.45, 2.75) is 25.0 Å². The molecule has 1 amide bonds. The van der Waals surface area contributed by atoms with E-state index in [1.54, 1.807) is 60.7 Å². The first-order chi connectivity index (χ1) is 17.5. The number of hydrogen-bond donors (Lipinski definition) is 3. The number of rotatable bonds is 13. The summed E-state index contributed by atoms with van der Waals surface area (Å²) in [7, 11) is 0. The second kappa shape index (κ2) is 14.2. The van der Waals surface area contributed by atoms with Gasteiger partial charge in [-0.05, 0) is 54.8 Å². The predicted molar refractivity (Wildman–Crippen MR) is 135 cm³/mol. The number of benzene rings is 3. The maximum atomic E-state index is 12.9. The van der Waals surface area contributed by atoms with Gasteiger partial charge >= 0.3 is 12.1 Å². The van der Waals surface area contributed by atoms with E-state index in [1.807, 2.05) is 24.3 Å². The molecule has 8 nitrogen and oxygen atoms in total. The van der Waals surface area contributed by atoms with E-state index in [-0.39, 0.29) is 13.2 Å². The van der Waals surface area contributed by atoms with Crippen LogP contribution in [0.5, 0.6) is 11.5 Å². The zero-order valence-electron chi connectivity index (χ0n) is 19.7. The van der Waals surface area contributed by atoms with E-state index in [9.17, 15) is 9.59 Å². The fraction of sp³-hybridized carbons (Fsp3) is 0.214. The molecule has 188 valence electrons. The maximum Gasteiger partial charge on any atom is 0.412 e. The number of carboxylic acid groups (broad SMARTS) is 1. The van der Waals surface area contributed by atoms with Crippen LogP contribution in [-0.4, -0.2) is 41.6 Å². The molecule has 0 heterocycles. The van der Waals surface area contributed by atoms with E-state index in [0.29, 0.717) is 35.6 Å². The Labute approximate surface area is 209 Å². The summed E-state index contributed by atoms with van der Waals surface area (Å²) in [4.78, 5) is 23.8. The Balaban J connectivity index is 1.90. The molecule has 8 heteroatoms.